The first-order valence-electron chi connectivity index (χ1n) is 9.31. The van der Waals surface area contributed by atoms with E-state index in [1.807, 2.05) is 90.8 Å². The van der Waals surface area contributed by atoms with Gasteiger partial charge < -0.3 is 0 Å². The zero-order valence-electron chi connectivity index (χ0n) is 15.5. The van der Waals surface area contributed by atoms with E-state index < -0.39 is 0 Å². The maximum Gasteiger partial charge on any atom is 0.277 e. The van der Waals surface area contributed by atoms with Gasteiger partial charge in [0.1, 0.15) is 5.69 Å². The second-order valence-corrected chi connectivity index (χ2v) is 6.92. The zero-order chi connectivity index (χ0) is 19.1. The van der Waals surface area contributed by atoms with Crippen LogP contribution in [0.25, 0.3) is 11.3 Å². The fraction of sp³-hybridized carbons (Fsp3) is 0.0833. The van der Waals surface area contributed by atoms with Gasteiger partial charge in [-0.3, -0.25) is 14.4 Å². The molecule has 1 amide bonds. The number of nitrogens with zero attached hydrogens (tertiary/aromatic N) is 3. The number of carbonyl (C=O) groups excluding carboxylic acids is 1. The maximum absolute atomic E-state index is 13.5. The molecule has 5 rings (SSSR count). The van der Waals surface area contributed by atoms with Gasteiger partial charge in [0.2, 0.25) is 0 Å². The van der Waals surface area contributed by atoms with Crippen LogP contribution in [0, 0.1) is 0 Å². The highest BCUT2D eigenvalue weighted by molar-refractivity contribution is 6.12. The van der Waals surface area contributed by atoms with E-state index in [2.05, 4.69) is 12.1 Å². The summed E-state index contributed by atoms with van der Waals surface area (Å²) in [6.07, 6.45) is 0. The fourth-order valence-electron chi connectivity index (χ4n) is 4.03. The largest absolute Gasteiger partial charge is 0.295 e. The lowest BCUT2D eigenvalue weighted by atomic mass is 9.96. The standard InChI is InChI=1S/C24H19N3O/c1-26-23-20(21(25-26)17-11-5-2-6-12-17)22(18-13-7-3-8-14-18)27(24(23)28)19-15-9-4-10-16-19/h2-16,22H,1H3. The van der Waals surface area contributed by atoms with Crippen LogP contribution in [0.3, 0.4) is 0 Å². The number of hydrogen-bond acceptors (Lipinski definition) is 2. The summed E-state index contributed by atoms with van der Waals surface area (Å²) in [4.78, 5) is 15.4. The highest BCUT2D eigenvalue weighted by Crippen LogP contribution is 2.45. The number of hydrogen-bond donors (Lipinski definition) is 0. The topological polar surface area (TPSA) is 38.1 Å². The third kappa shape index (κ3) is 2.46. The second-order valence-electron chi connectivity index (χ2n) is 6.92. The monoisotopic (exact) mass is 365 g/mol. The van der Waals surface area contributed by atoms with Crippen LogP contribution < -0.4 is 4.90 Å². The molecule has 2 heterocycles. The Morgan fingerprint density at radius 2 is 1.36 bits per heavy atom. The molecule has 28 heavy (non-hydrogen) atoms. The van der Waals surface area contributed by atoms with Crippen LogP contribution in [-0.4, -0.2) is 15.7 Å². The summed E-state index contributed by atoms with van der Waals surface area (Å²) < 4.78 is 1.72. The van der Waals surface area contributed by atoms with Gasteiger partial charge in [0.15, 0.2) is 0 Å². The Balaban J connectivity index is 1.78. The quantitative estimate of drug-likeness (QED) is 0.521. The molecule has 0 saturated carbocycles. The predicted octanol–water partition coefficient (Wildman–Crippen LogP) is 4.84. The predicted molar refractivity (Wildman–Crippen MR) is 110 cm³/mol. The van der Waals surface area contributed by atoms with Crippen molar-refractivity contribution >= 4 is 11.6 Å². The molecule has 136 valence electrons. The van der Waals surface area contributed by atoms with Gasteiger partial charge in [0, 0.05) is 23.9 Å². The molecule has 4 aromatic rings. The van der Waals surface area contributed by atoms with Gasteiger partial charge in [-0.15, -0.1) is 0 Å². The molecule has 0 radical (unpaired) electrons. The Labute approximate surface area is 163 Å². The van der Waals surface area contributed by atoms with Crippen molar-refractivity contribution in [3.8, 4) is 11.3 Å². The molecule has 1 aromatic heterocycles. The average molecular weight is 365 g/mol. The molecule has 0 N–H and O–H groups in total. The minimum absolute atomic E-state index is 0.0211. The first-order chi connectivity index (χ1) is 13.8. The second kappa shape index (κ2) is 6.50. The summed E-state index contributed by atoms with van der Waals surface area (Å²) in [6.45, 7) is 0. The molecule has 0 aliphatic carbocycles. The molecule has 1 atom stereocenters. The molecule has 0 spiro atoms. The van der Waals surface area contributed by atoms with Crippen LogP contribution in [0.5, 0.6) is 0 Å². The van der Waals surface area contributed by atoms with E-state index in [-0.39, 0.29) is 11.9 Å². The molecule has 1 unspecified atom stereocenters. The molecule has 0 bridgehead atoms. The SMILES string of the molecule is Cn1nc(-c2ccccc2)c2c1C(=O)N(c1ccccc1)C2c1ccccc1. The molecular formula is C24H19N3O. The van der Waals surface area contributed by atoms with Crippen molar-refractivity contribution in [1.82, 2.24) is 9.78 Å². The van der Waals surface area contributed by atoms with E-state index >= 15 is 0 Å². The summed E-state index contributed by atoms with van der Waals surface area (Å²) in [5.41, 5.74) is 5.45. The maximum atomic E-state index is 13.5. The third-order valence-corrected chi connectivity index (χ3v) is 5.23. The van der Waals surface area contributed by atoms with Crippen molar-refractivity contribution in [2.75, 3.05) is 4.90 Å². The van der Waals surface area contributed by atoms with Crippen LogP contribution in [0.1, 0.15) is 27.7 Å². The summed E-state index contributed by atoms with van der Waals surface area (Å²) in [5, 5.41) is 4.73. The number of para-hydroxylation sites is 1. The van der Waals surface area contributed by atoms with Crippen LogP contribution in [0.4, 0.5) is 5.69 Å². The van der Waals surface area contributed by atoms with Crippen LogP contribution in [0.2, 0.25) is 0 Å². The van der Waals surface area contributed by atoms with Gasteiger partial charge in [-0.05, 0) is 17.7 Å². The van der Waals surface area contributed by atoms with Gasteiger partial charge in [0.25, 0.3) is 5.91 Å². The smallest absolute Gasteiger partial charge is 0.277 e. The number of carbonyl (C=O) groups is 1. The lowest BCUT2D eigenvalue weighted by Crippen LogP contribution is -2.29. The highest BCUT2D eigenvalue weighted by Gasteiger charge is 2.44. The Morgan fingerprint density at radius 3 is 2.00 bits per heavy atom. The number of rotatable bonds is 3. The summed E-state index contributed by atoms with van der Waals surface area (Å²) >= 11 is 0. The molecule has 1 aliphatic heterocycles. The fourth-order valence-corrected chi connectivity index (χ4v) is 4.03. The minimum Gasteiger partial charge on any atom is -0.295 e. The van der Waals surface area contributed by atoms with Crippen LogP contribution in [-0.2, 0) is 7.05 Å². The van der Waals surface area contributed by atoms with Crippen LogP contribution in [0.15, 0.2) is 91.0 Å². The van der Waals surface area contributed by atoms with Crippen molar-refractivity contribution in [1.29, 1.82) is 0 Å². The number of anilines is 1. The van der Waals surface area contributed by atoms with E-state index in [0.717, 1.165) is 28.1 Å². The van der Waals surface area contributed by atoms with E-state index in [1.54, 1.807) is 4.68 Å². The molecule has 3 aromatic carbocycles. The van der Waals surface area contributed by atoms with Crippen molar-refractivity contribution in [2.24, 2.45) is 7.05 Å². The van der Waals surface area contributed by atoms with Gasteiger partial charge in [-0.1, -0.05) is 78.9 Å². The van der Waals surface area contributed by atoms with E-state index in [1.165, 1.54) is 0 Å². The summed E-state index contributed by atoms with van der Waals surface area (Å²) in [5.74, 6) is -0.0211. The highest BCUT2D eigenvalue weighted by atomic mass is 16.2. The van der Waals surface area contributed by atoms with E-state index in [4.69, 9.17) is 5.10 Å². The number of benzene rings is 3. The van der Waals surface area contributed by atoms with Gasteiger partial charge in [-0.2, -0.15) is 5.10 Å². The van der Waals surface area contributed by atoms with Crippen molar-refractivity contribution in [3.63, 3.8) is 0 Å². The third-order valence-electron chi connectivity index (χ3n) is 5.23. The first-order valence-corrected chi connectivity index (χ1v) is 9.31. The Morgan fingerprint density at radius 1 is 0.786 bits per heavy atom. The Kier molecular flexibility index (Phi) is 3.83. The lowest BCUT2D eigenvalue weighted by molar-refractivity contribution is 0.0985. The van der Waals surface area contributed by atoms with Gasteiger partial charge in [0.05, 0.1) is 11.7 Å². The molecule has 4 nitrogen and oxygen atoms in total. The summed E-state index contributed by atoms with van der Waals surface area (Å²) in [6, 6.07) is 29.9. The van der Waals surface area contributed by atoms with Crippen molar-refractivity contribution in [3.05, 3.63) is 108 Å². The molecular weight excluding hydrogens is 346 g/mol. The lowest BCUT2D eigenvalue weighted by Gasteiger charge is -2.26. The van der Waals surface area contributed by atoms with Crippen molar-refractivity contribution < 1.29 is 4.79 Å². The molecule has 1 aliphatic rings. The summed E-state index contributed by atoms with van der Waals surface area (Å²) in [7, 11) is 1.85. The van der Waals surface area contributed by atoms with Crippen molar-refractivity contribution in [2.45, 2.75) is 6.04 Å². The number of aryl methyl sites for hydroxylation is 1. The number of aromatic nitrogens is 2. The van der Waals surface area contributed by atoms with Crippen LogP contribution >= 0.6 is 0 Å². The normalized spacial score (nSPS) is 15.7. The Bertz CT molecular complexity index is 1130. The minimum atomic E-state index is -0.213. The first kappa shape index (κ1) is 16.5. The zero-order valence-corrected chi connectivity index (χ0v) is 15.5. The molecule has 4 heteroatoms. The van der Waals surface area contributed by atoms with E-state index in [9.17, 15) is 4.79 Å². The van der Waals surface area contributed by atoms with Gasteiger partial charge >= 0.3 is 0 Å². The molecule has 0 fully saturated rings. The molecule has 0 saturated heterocycles. The number of amides is 1. The van der Waals surface area contributed by atoms with Gasteiger partial charge in [-0.25, -0.2) is 0 Å². The Hall–Kier alpha value is -3.66. The number of fused-ring (bicyclic) bond motifs is 1. The average Bonchev–Trinajstić information content (AvgIpc) is 3.25. The van der Waals surface area contributed by atoms with E-state index in [0.29, 0.717) is 5.69 Å².